The molecule has 1 amide bonds. The number of rotatable bonds is 5. The van der Waals surface area contributed by atoms with Gasteiger partial charge in [0.05, 0.1) is 12.2 Å². The van der Waals surface area contributed by atoms with E-state index in [1.54, 1.807) is 37.3 Å². The quantitative estimate of drug-likeness (QED) is 0.816. The van der Waals surface area contributed by atoms with E-state index in [4.69, 9.17) is 4.74 Å². The molecule has 27 heavy (non-hydrogen) atoms. The number of amides is 1. The van der Waals surface area contributed by atoms with Crippen LogP contribution in [0.15, 0.2) is 30.3 Å². The van der Waals surface area contributed by atoms with Crippen LogP contribution in [0.2, 0.25) is 0 Å². The molecule has 0 radical (unpaired) electrons. The number of benzene rings is 1. The molecule has 0 unspecified atom stereocenters. The zero-order valence-electron chi connectivity index (χ0n) is 15.7. The average Bonchev–Trinajstić information content (AvgIpc) is 2.69. The number of hydrogen-bond acceptors (Lipinski definition) is 6. The number of carbonyl (C=O) groups excluding carboxylic acids is 2. The van der Waals surface area contributed by atoms with Gasteiger partial charge in [0.25, 0.3) is 5.91 Å². The second kappa shape index (κ2) is 8.62. The van der Waals surface area contributed by atoms with E-state index in [1.807, 2.05) is 6.92 Å². The van der Waals surface area contributed by atoms with Crippen molar-refractivity contribution >= 4 is 23.5 Å². The summed E-state index contributed by atoms with van der Waals surface area (Å²) in [6, 6.07) is 8.26. The Balaban J connectivity index is 1.72. The summed E-state index contributed by atoms with van der Waals surface area (Å²) in [5.74, 6) is -0.0758. The molecule has 1 aromatic heterocycles. The van der Waals surface area contributed by atoms with Crippen molar-refractivity contribution in [1.29, 1.82) is 0 Å². The second-order valence-electron chi connectivity index (χ2n) is 6.49. The molecule has 1 fully saturated rings. The molecule has 1 N–H and O–H groups in total. The van der Waals surface area contributed by atoms with E-state index in [0.29, 0.717) is 29.5 Å². The summed E-state index contributed by atoms with van der Waals surface area (Å²) in [7, 11) is 0. The van der Waals surface area contributed by atoms with Crippen molar-refractivity contribution in [2.24, 2.45) is 0 Å². The van der Waals surface area contributed by atoms with Crippen LogP contribution in [-0.4, -0.2) is 41.5 Å². The number of aromatic nitrogens is 2. The van der Waals surface area contributed by atoms with Crippen LogP contribution in [-0.2, 0) is 4.74 Å². The van der Waals surface area contributed by atoms with Gasteiger partial charge in [0.1, 0.15) is 5.69 Å². The van der Waals surface area contributed by atoms with Gasteiger partial charge in [0.15, 0.2) is 0 Å². The maximum atomic E-state index is 12.6. The van der Waals surface area contributed by atoms with Crippen LogP contribution in [0, 0.1) is 6.92 Å². The number of esters is 1. The third-order valence-corrected chi connectivity index (χ3v) is 4.37. The first kappa shape index (κ1) is 18.8. The summed E-state index contributed by atoms with van der Waals surface area (Å²) in [6.07, 6.45) is 3.45. The Morgan fingerprint density at radius 1 is 1.11 bits per heavy atom. The molecular formula is C20H24N4O3. The van der Waals surface area contributed by atoms with Gasteiger partial charge in [-0.05, 0) is 63.4 Å². The van der Waals surface area contributed by atoms with Crippen LogP contribution in [0.25, 0.3) is 0 Å². The van der Waals surface area contributed by atoms with E-state index in [9.17, 15) is 9.59 Å². The normalized spacial score (nSPS) is 13.9. The van der Waals surface area contributed by atoms with E-state index in [-0.39, 0.29) is 11.9 Å². The molecule has 2 heterocycles. The number of nitrogens with one attached hydrogen (secondary N) is 1. The molecule has 0 saturated carbocycles. The zero-order valence-corrected chi connectivity index (χ0v) is 15.7. The van der Waals surface area contributed by atoms with Crippen molar-refractivity contribution in [3.63, 3.8) is 0 Å². The number of ether oxygens (including phenoxy) is 1. The number of hydrogen-bond donors (Lipinski definition) is 1. The Hall–Kier alpha value is -2.96. The summed E-state index contributed by atoms with van der Waals surface area (Å²) < 4.78 is 4.95. The van der Waals surface area contributed by atoms with Crippen molar-refractivity contribution in [1.82, 2.24) is 9.97 Å². The predicted molar refractivity (Wildman–Crippen MR) is 103 cm³/mol. The molecule has 0 aliphatic carbocycles. The summed E-state index contributed by atoms with van der Waals surface area (Å²) in [4.78, 5) is 35.4. The van der Waals surface area contributed by atoms with Crippen molar-refractivity contribution in [2.75, 3.05) is 29.9 Å². The lowest BCUT2D eigenvalue weighted by molar-refractivity contribution is 0.0526. The first-order valence-electron chi connectivity index (χ1n) is 9.26. The fraction of sp³-hybridized carbons (Fsp3) is 0.400. The number of nitrogens with zero attached hydrogens (tertiary/aromatic N) is 3. The molecule has 2 aromatic rings. The van der Waals surface area contributed by atoms with Crippen LogP contribution in [0.5, 0.6) is 0 Å². The van der Waals surface area contributed by atoms with Gasteiger partial charge in [0, 0.05) is 24.5 Å². The van der Waals surface area contributed by atoms with E-state index >= 15 is 0 Å². The summed E-state index contributed by atoms with van der Waals surface area (Å²) in [6.45, 7) is 5.78. The van der Waals surface area contributed by atoms with E-state index in [1.165, 1.54) is 6.42 Å². The van der Waals surface area contributed by atoms with E-state index < -0.39 is 0 Å². The Kier molecular flexibility index (Phi) is 6.01. The minimum absolute atomic E-state index is 0.303. The molecule has 0 atom stereocenters. The summed E-state index contributed by atoms with van der Waals surface area (Å²) in [5, 5.41) is 2.81. The molecule has 1 aromatic carbocycles. The molecule has 1 aliphatic heterocycles. The van der Waals surface area contributed by atoms with Gasteiger partial charge in [0.2, 0.25) is 5.95 Å². The third-order valence-electron chi connectivity index (χ3n) is 4.37. The zero-order chi connectivity index (χ0) is 19.2. The lowest BCUT2D eigenvalue weighted by Gasteiger charge is -2.27. The number of aryl methyl sites for hydroxylation is 1. The summed E-state index contributed by atoms with van der Waals surface area (Å²) >= 11 is 0. The second-order valence-corrected chi connectivity index (χ2v) is 6.49. The van der Waals surface area contributed by atoms with Gasteiger partial charge in [-0.3, -0.25) is 4.79 Å². The highest BCUT2D eigenvalue weighted by Crippen LogP contribution is 2.18. The molecular weight excluding hydrogens is 344 g/mol. The summed E-state index contributed by atoms with van der Waals surface area (Å²) in [5.41, 5.74) is 2.12. The molecule has 7 heteroatoms. The standard InChI is InChI=1S/C20H24N4O3/c1-3-27-19(26)15-7-9-16(10-8-15)22-18(25)17-13-14(2)21-20(23-17)24-11-5-4-6-12-24/h7-10,13H,3-6,11-12H2,1-2H3,(H,22,25). The highest BCUT2D eigenvalue weighted by atomic mass is 16.5. The molecule has 0 spiro atoms. The van der Waals surface area contributed by atoms with E-state index in [2.05, 4.69) is 20.2 Å². The molecule has 7 nitrogen and oxygen atoms in total. The molecule has 1 saturated heterocycles. The van der Waals surface area contributed by atoms with Gasteiger partial charge >= 0.3 is 5.97 Å². The Bertz CT molecular complexity index is 814. The van der Waals surface area contributed by atoms with Gasteiger partial charge in [-0.1, -0.05) is 0 Å². The SMILES string of the molecule is CCOC(=O)c1ccc(NC(=O)c2cc(C)nc(N3CCCCC3)n2)cc1. The Morgan fingerprint density at radius 2 is 1.81 bits per heavy atom. The monoisotopic (exact) mass is 368 g/mol. The van der Waals surface area contributed by atoms with Crippen LogP contribution in [0.1, 0.15) is 52.7 Å². The Morgan fingerprint density at radius 3 is 2.48 bits per heavy atom. The maximum Gasteiger partial charge on any atom is 0.338 e. The largest absolute Gasteiger partial charge is 0.462 e. The van der Waals surface area contributed by atoms with Crippen LogP contribution < -0.4 is 10.2 Å². The van der Waals surface area contributed by atoms with Gasteiger partial charge in [-0.2, -0.15) is 0 Å². The number of carbonyl (C=O) groups is 2. The molecule has 1 aliphatic rings. The van der Waals surface area contributed by atoms with E-state index in [0.717, 1.165) is 31.6 Å². The molecule has 142 valence electrons. The minimum atomic E-state index is -0.382. The minimum Gasteiger partial charge on any atom is -0.462 e. The van der Waals surface area contributed by atoms with Gasteiger partial charge in [-0.25, -0.2) is 14.8 Å². The van der Waals surface area contributed by atoms with Crippen molar-refractivity contribution in [2.45, 2.75) is 33.1 Å². The Labute approximate surface area is 158 Å². The number of anilines is 2. The van der Waals surface area contributed by atoms with Gasteiger partial charge in [-0.15, -0.1) is 0 Å². The highest BCUT2D eigenvalue weighted by Gasteiger charge is 2.17. The van der Waals surface area contributed by atoms with Crippen LogP contribution in [0.4, 0.5) is 11.6 Å². The fourth-order valence-corrected chi connectivity index (χ4v) is 3.00. The topological polar surface area (TPSA) is 84.4 Å². The smallest absolute Gasteiger partial charge is 0.338 e. The molecule has 0 bridgehead atoms. The predicted octanol–water partition coefficient (Wildman–Crippen LogP) is 3.20. The maximum absolute atomic E-state index is 12.6. The lowest BCUT2D eigenvalue weighted by Crippen LogP contribution is -2.31. The van der Waals surface area contributed by atoms with Crippen LogP contribution in [0.3, 0.4) is 0 Å². The van der Waals surface area contributed by atoms with Crippen molar-refractivity contribution in [3.05, 3.63) is 47.3 Å². The fourth-order valence-electron chi connectivity index (χ4n) is 3.00. The average molecular weight is 368 g/mol. The number of piperidine rings is 1. The molecule has 3 rings (SSSR count). The third kappa shape index (κ3) is 4.81. The first-order chi connectivity index (χ1) is 13.1. The van der Waals surface area contributed by atoms with Gasteiger partial charge < -0.3 is 15.0 Å². The highest BCUT2D eigenvalue weighted by molar-refractivity contribution is 6.03. The van der Waals surface area contributed by atoms with Crippen molar-refractivity contribution in [3.8, 4) is 0 Å². The first-order valence-corrected chi connectivity index (χ1v) is 9.26. The van der Waals surface area contributed by atoms with Crippen LogP contribution >= 0.6 is 0 Å². The lowest BCUT2D eigenvalue weighted by atomic mass is 10.1. The van der Waals surface area contributed by atoms with Crippen molar-refractivity contribution < 1.29 is 14.3 Å².